The molecule has 2 N–H and O–H groups in total. The zero-order chi connectivity index (χ0) is 20.9. The lowest BCUT2D eigenvalue weighted by molar-refractivity contribution is 0.0951. The molecule has 1 atom stereocenters. The molecule has 1 heterocycles. The van der Waals surface area contributed by atoms with Crippen LogP contribution in [0.3, 0.4) is 0 Å². The molecular formula is C22H29N3O3S. The van der Waals surface area contributed by atoms with Crippen molar-refractivity contribution in [1.29, 1.82) is 0 Å². The Balaban J connectivity index is 1.53. The van der Waals surface area contributed by atoms with E-state index >= 15 is 0 Å². The molecule has 7 heteroatoms. The molecule has 1 unspecified atom stereocenters. The molecule has 29 heavy (non-hydrogen) atoms. The number of rotatable bonds is 7. The minimum absolute atomic E-state index is 0.134. The molecule has 0 radical (unpaired) electrons. The zero-order valence-corrected chi connectivity index (χ0v) is 17.8. The van der Waals surface area contributed by atoms with E-state index < -0.39 is 10.0 Å². The Morgan fingerprint density at radius 1 is 1.03 bits per heavy atom. The Morgan fingerprint density at radius 2 is 1.69 bits per heavy atom. The van der Waals surface area contributed by atoms with Gasteiger partial charge in [0.25, 0.3) is 5.91 Å². The van der Waals surface area contributed by atoms with E-state index in [2.05, 4.69) is 34.0 Å². The number of nitrogens with zero attached hydrogens (tertiary/aromatic N) is 1. The molecule has 0 aromatic heterocycles. The maximum atomic E-state index is 12.3. The fourth-order valence-electron chi connectivity index (χ4n) is 3.58. The van der Waals surface area contributed by atoms with Crippen LogP contribution in [-0.4, -0.2) is 38.9 Å². The van der Waals surface area contributed by atoms with Crippen molar-refractivity contribution in [2.75, 3.05) is 13.6 Å². The third-order valence-electron chi connectivity index (χ3n) is 5.50. The number of hydrogen-bond donors (Lipinski definition) is 2. The van der Waals surface area contributed by atoms with Gasteiger partial charge in [-0.25, -0.2) is 13.1 Å². The van der Waals surface area contributed by atoms with E-state index in [4.69, 9.17) is 0 Å². The van der Waals surface area contributed by atoms with Gasteiger partial charge in [-0.05, 0) is 68.8 Å². The second kappa shape index (κ2) is 9.52. The van der Waals surface area contributed by atoms with Crippen LogP contribution in [-0.2, 0) is 23.1 Å². The Labute approximate surface area is 173 Å². The quantitative estimate of drug-likeness (QED) is 0.729. The van der Waals surface area contributed by atoms with Gasteiger partial charge in [0.2, 0.25) is 10.0 Å². The van der Waals surface area contributed by atoms with E-state index in [0.717, 1.165) is 18.7 Å². The number of benzene rings is 2. The second-order valence-corrected chi connectivity index (χ2v) is 9.43. The van der Waals surface area contributed by atoms with E-state index in [1.54, 1.807) is 0 Å². The predicted octanol–water partition coefficient (Wildman–Crippen LogP) is 2.90. The molecule has 0 spiro atoms. The first-order chi connectivity index (χ1) is 13.9. The van der Waals surface area contributed by atoms with Crippen LogP contribution in [0, 0.1) is 0 Å². The summed E-state index contributed by atoms with van der Waals surface area (Å²) in [5.74, 6) is -0.232. The van der Waals surface area contributed by atoms with Crippen molar-refractivity contribution in [3.8, 4) is 0 Å². The molecule has 1 saturated heterocycles. The first kappa shape index (κ1) is 21.5. The molecule has 3 rings (SSSR count). The molecule has 0 saturated carbocycles. The number of nitrogens with one attached hydrogen (secondary N) is 2. The number of carbonyl (C=O) groups is 1. The molecule has 1 amide bonds. The van der Waals surface area contributed by atoms with Crippen LogP contribution in [0.2, 0.25) is 0 Å². The summed E-state index contributed by atoms with van der Waals surface area (Å²) in [6.45, 7) is 4.85. The minimum Gasteiger partial charge on any atom is -0.348 e. The minimum atomic E-state index is -3.50. The zero-order valence-electron chi connectivity index (χ0n) is 17.0. The second-order valence-electron chi connectivity index (χ2n) is 7.55. The van der Waals surface area contributed by atoms with Gasteiger partial charge in [-0.15, -0.1) is 0 Å². The summed E-state index contributed by atoms with van der Waals surface area (Å²) in [4.78, 5) is 15.0. The third-order valence-corrected chi connectivity index (χ3v) is 6.93. The first-order valence-electron chi connectivity index (χ1n) is 10.0. The van der Waals surface area contributed by atoms with Gasteiger partial charge < -0.3 is 5.32 Å². The normalized spacial score (nSPS) is 17.8. The summed E-state index contributed by atoms with van der Waals surface area (Å²) in [7, 11) is -2.14. The lowest BCUT2D eigenvalue weighted by Crippen LogP contribution is -2.36. The summed E-state index contributed by atoms with van der Waals surface area (Å²) in [6, 6.07) is 14.9. The highest BCUT2D eigenvalue weighted by Crippen LogP contribution is 2.19. The maximum absolute atomic E-state index is 12.3. The lowest BCUT2D eigenvalue weighted by atomic mass is 10.0. The van der Waals surface area contributed by atoms with E-state index in [1.807, 2.05) is 12.1 Å². The fourth-order valence-corrected chi connectivity index (χ4v) is 4.31. The van der Waals surface area contributed by atoms with Gasteiger partial charge in [-0.1, -0.05) is 30.7 Å². The van der Waals surface area contributed by atoms with Crippen LogP contribution in [0.1, 0.15) is 47.7 Å². The van der Waals surface area contributed by atoms with Gasteiger partial charge in [0.05, 0.1) is 4.90 Å². The highest BCUT2D eigenvalue weighted by atomic mass is 32.2. The monoisotopic (exact) mass is 415 g/mol. The van der Waals surface area contributed by atoms with Gasteiger partial charge in [-0.3, -0.25) is 9.69 Å². The van der Waals surface area contributed by atoms with Crippen molar-refractivity contribution < 1.29 is 13.2 Å². The van der Waals surface area contributed by atoms with Crippen LogP contribution < -0.4 is 10.0 Å². The van der Waals surface area contributed by atoms with Gasteiger partial charge >= 0.3 is 0 Å². The highest BCUT2D eigenvalue weighted by Gasteiger charge is 2.18. The molecule has 2 aromatic carbocycles. The van der Waals surface area contributed by atoms with Gasteiger partial charge in [0.15, 0.2) is 0 Å². The summed E-state index contributed by atoms with van der Waals surface area (Å²) < 4.78 is 25.8. The maximum Gasteiger partial charge on any atom is 0.251 e. The van der Waals surface area contributed by atoms with Gasteiger partial charge in [-0.2, -0.15) is 0 Å². The predicted molar refractivity (Wildman–Crippen MR) is 114 cm³/mol. The van der Waals surface area contributed by atoms with E-state index in [0.29, 0.717) is 18.2 Å². The number of sulfonamides is 1. The van der Waals surface area contributed by atoms with E-state index in [-0.39, 0.29) is 10.8 Å². The topological polar surface area (TPSA) is 78.5 Å². The van der Waals surface area contributed by atoms with Crippen molar-refractivity contribution in [2.45, 2.75) is 50.2 Å². The Hall–Kier alpha value is -2.22. The number of carbonyl (C=O) groups excluding carboxylic acids is 1. The van der Waals surface area contributed by atoms with Crippen LogP contribution in [0.25, 0.3) is 0 Å². The molecule has 0 aliphatic carbocycles. The van der Waals surface area contributed by atoms with Crippen LogP contribution in [0.4, 0.5) is 0 Å². The van der Waals surface area contributed by atoms with Crippen molar-refractivity contribution >= 4 is 15.9 Å². The standard InChI is InChI=1S/C22H29N3O3S/c1-17-5-3-4-14-25(17)16-19-8-6-18(7-9-19)15-24-22(26)20-10-12-21(13-11-20)29(27,28)23-2/h6-13,17,23H,3-5,14-16H2,1-2H3,(H,24,26). The number of hydrogen-bond acceptors (Lipinski definition) is 4. The SMILES string of the molecule is CNS(=O)(=O)c1ccc(C(=O)NCc2ccc(CN3CCCCC3C)cc2)cc1. The Kier molecular flexibility index (Phi) is 7.05. The molecule has 1 fully saturated rings. The molecule has 2 aromatic rings. The Morgan fingerprint density at radius 3 is 2.31 bits per heavy atom. The number of amides is 1. The number of piperidine rings is 1. The first-order valence-corrected chi connectivity index (χ1v) is 11.5. The average molecular weight is 416 g/mol. The molecule has 1 aliphatic heterocycles. The molecular weight excluding hydrogens is 386 g/mol. The van der Waals surface area contributed by atoms with Gasteiger partial charge in [0.1, 0.15) is 0 Å². The largest absolute Gasteiger partial charge is 0.348 e. The van der Waals surface area contributed by atoms with Crippen molar-refractivity contribution in [3.63, 3.8) is 0 Å². The van der Waals surface area contributed by atoms with Crippen molar-refractivity contribution in [2.24, 2.45) is 0 Å². The fraction of sp³-hybridized carbons (Fsp3) is 0.409. The van der Waals surface area contributed by atoms with Gasteiger partial charge in [0, 0.05) is 24.7 Å². The summed E-state index contributed by atoms with van der Waals surface area (Å²) >= 11 is 0. The van der Waals surface area contributed by atoms with Crippen molar-refractivity contribution in [1.82, 2.24) is 14.9 Å². The summed E-state index contributed by atoms with van der Waals surface area (Å²) in [5.41, 5.74) is 2.74. The summed E-state index contributed by atoms with van der Waals surface area (Å²) in [6.07, 6.45) is 3.87. The van der Waals surface area contributed by atoms with Crippen molar-refractivity contribution in [3.05, 3.63) is 65.2 Å². The molecule has 1 aliphatic rings. The highest BCUT2D eigenvalue weighted by molar-refractivity contribution is 7.89. The average Bonchev–Trinajstić information content (AvgIpc) is 2.74. The van der Waals surface area contributed by atoms with E-state index in [9.17, 15) is 13.2 Å². The van der Waals surface area contributed by atoms with Crippen LogP contribution >= 0.6 is 0 Å². The molecule has 6 nitrogen and oxygen atoms in total. The molecule has 0 bridgehead atoms. The Bertz CT molecular complexity index is 925. The lowest BCUT2D eigenvalue weighted by Gasteiger charge is -2.33. The van der Waals surface area contributed by atoms with Crippen LogP contribution in [0.5, 0.6) is 0 Å². The smallest absolute Gasteiger partial charge is 0.251 e. The number of likely N-dealkylation sites (tertiary alicyclic amines) is 1. The summed E-state index contributed by atoms with van der Waals surface area (Å²) in [5, 5.41) is 2.88. The third kappa shape index (κ3) is 5.65. The van der Waals surface area contributed by atoms with Crippen LogP contribution in [0.15, 0.2) is 53.4 Å². The van der Waals surface area contributed by atoms with E-state index in [1.165, 1.54) is 56.1 Å². The molecule has 156 valence electrons.